The minimum Gasteiger partial charge on any atom is -0.480 e. The van der Waals surface area contributed by atoms with Gasteiger partial charge < -0.3 is 30.7 Å². The van der Waals surface area contributed by atoms with Crippen molar-refractivity contribution >= 4 is 29.7 Å². The first kappa shape index (κ1) is 32.7. The van der Waals surface area contributed by atoms with Crippen LogP contribution in [0.5, 0.6) is 5.75 Å². The van der Waals surface area contributed by atoms with Gasteiger partial charge in [-0.15, -0.1) is 0 Å². The summed E-state index contributed by atoms with van der Waals surface area (Å²) in [6.45, 7) is 4.07. The number of ether oxygens (including phenoxy) is 1. The quantitative estimate of drug-likeness (QED) is 0.245. The van der Waals surface area contributed by atoms with Crippen LogP contribution >= 0.6 is 0 Å². The first-order valence-corrected chi connectivity index (χ1v) is 15.2. The van der Waals surface area contributed by atoms with Crippen molar-refractivity contribution in [2.75, 3.05) is 13.1 Å². The average molecular weight is 607 g/mol. The number of hydrogen-bond donors (Lipinski definition) is 3. The molecule has 2 saturated heterocycles. The molecule has 2 aromatic rings. The Hall–Kier alpha value is -4.25. The highest BCUT2D eigenvalue weighted by atomic mass is 16.5. The third-order valence-electron chi connectivity index (χ3n) is 8.31. The Kier molecular flexibility index (Phi) is 10.7. The van der Waals surface area contributed by atoms with E-state index in [4.69, 9.17) is 10.5 Å². The molecule has 3 amide bonds. The summed E-state index contributed by atoms with van der Waals surface area (Å²) in [7, 11) is 0. The van der Waals surface area contributed by atoms with Crippen LogP contribution in [0.1, 0.15) is 63.5 Å². The minimum absolute atomic E-state index is 0.144. The van der Waals surface area contributed by atoms with Gasteiger partial charge in [-0.05, 0) is 82.1 Å². The third kappa shape index (κ3) is 8.22. The van der Waals surface area contributed by atoms with Gasteiger partial charge in [-0.3, -0.25) is 14.4 Å². The molecule has 44 heavy (non-hydrogen) atoms. The standard InChI is InChI=1S/C33H42N4O7/c1-22(35-32(43)33(2,34)21-24-9-4-3-5-10-24)29(39)37-20-8-13-27(37)31(42)44-25-17-15-23(16-18-25)11-6-14-28(38)36-19-7-12-26(36)30(40)41/h3-5,9-10,15-18,22,26-27H,6-8,11-14,19-21,34H2,1-2H3,(H,35,43)(H,40,41)/t22-,26-,27-,33-/m0/s1. The molecule has 2 fully saturated rings. The predicted octanol–water partition coefficient (Wildman–Crippen LogP) is 2.45. The van der Waals surface area contributed by atoms with E-state index in [1.54, 1.807) is 26.0 Å². The van der Waals surface area contributed by atoms with Crippen molar-refractivity contribution in [2.24, 2.45) is 5.73 Å². The Labute approximate surface area is 257 Å². The molecule has 4 atom stereocenters. The molecule has 0 unspecified atom stereocenters. The molecule has 0 bridgehead atoms. The number of carboxylic acids is 1. The van der Waals surface area contributed by atoms with E-state index in [-0.39, 0.29) is 18.2 Å². The zero-order chi connectivity index (χ0) is 31.9. The maximum Gasteiger partial charge on any atom is 0.334 e. The summed E-state index contributed by atoms with van der Waals surface area (Å²) < 4.78 is 5.60. The molecule has 11 heteroatoms. The number of aliphatic carboxylic acids is 1. The van der Waals surface area contributed by atoms with E-state index < -0.39 is 41.5 Å². The van der Waals surface area contributed by atoms with Gasteiger partial charge in [-0.1, -0.05) is 42.5 Å². The van der Waals surface area contributed by atoms with Gasteiger partial charge in [0.2, 0.25) is 17.7 Å². The van der Waals surface area contributed by atoms with Crippen molar-refractivity contribution in [1.82, 2.24) is 15.1 Å². The van der Waals surface area contributed by atoms with Gasteiger partial charge in [0.15, 0.2) is 0 Å². The number of carbonyl (C=O) groups excluding carboxylic acids is 4. The van der Waals surface area contributed by atoms with Crippen molar-refractivity contribution in [3.8, 4) is 5.75 Å². The van der Waals surface area contributed by atoms with Gasteiger partial charge in [0.1, 0.15) is 23.9 Å². The second-order valence-electron chi connectivity index (χ2n) is 12.0. The molecule has 11 nitrogen and oxygen atoms in total. The lowest BCUT2D eigenvalue weighted by atomic mass is 9.92. The maximum atomic E-state index is 13.3. The van der Waals surface area contributed by atoms with Crippen LogP contribution in [-0.2, 0) is 36.8 Å². The van der Waals surface area contributed by atoms with E-state index >= 15 is 0 Å². The summed E-state index contributed by atoms with van der Waals surface area (Å²) in [5.74, 6) is -2.13. The number of benzene rings is 2. The number of carbonyl (C=O) groups is 5. The first-order chi connectivity index (χ1) is 21.0. The van der Waals surface area contributed by atoms with Crippen molar-refractivity contribution in [2.45, 2.75) is 88.9 Å². The van der Waals surface area contributed by atoms with E-state index in [9.17, 15) is 29.1 Å². The average Bonchev–Trinajstić information content (AvgIpc) is 3.69. The van der Waals surface area contributed by atoms with E-state index in [0.717, 1.165) is 11.1 Å². The monoisotopic (exact) mass is 606 g/mol. The Bertz CT molecular complexity index is 1350. The lowest BCUT2D eigenvalue weighted by molar-refractivity contribution is -0.148. The second kappa shape index (κ2) is 14.5. The SMILES string of the molecule is C[C@H](NC(=O)[C@@](C)(N)Cc1ccccc1)C(=O)N1CCC[C@H]1C(=O)Oc1ccc(CCCC(=O)N2CCC[C@H]2C(=O)O)cc1. The number of carboxylic acid groups (broad SMARTS) is 1. The van der Waals surface area contributed by atoms with Gasteiger partial charge in [-0.25, -0.2) is 9.59 Å². The number of likely N-dealkylation sites (tertiary alicyclic amines) is 2. The molecule has 2 aromatic carbocycles. The normalized spacial score (nSPS) is 20.1. The van der Waals surface area contributed by atoms with E-state index in [1.165, 1.54) is 9.80 Å². The molecule has 4 rings (SSSR count). The molecule has 4 N–H and O–H groups in total. The highest BCUT2D eigenvalue weighted by molar-refractivity contribution is 5.94. The van der Waals surface area contributed by atoms with Crippen LogP contribution in [0.15, 0.2) is 54.6 Å². The predicted molar refractivity (Wildman–Crippen MR) is 162 cm³/mol. The van der Waals surface area contributed by atoms with Gasteiger partial charge in [0.05, 0.1) is 5.54 Å². The number of nitrogens with one attached hydrogen (secondary N) is 1. The molecule has 0 aromatic heterocycles. The zero-order valence-corrected chi connectivity index (χ0v) is 25.4. The summed E-state index contributed by atoms with van der Waals surface area (Å²) in [5, 5.41) is 12.0. The number of nitrogens with zero attached hydrogens (tertiary/aromatic N) is 2. The molecule has 2 aliphatic rings. The fourth-order valence-electron chi connectivity index (χ4n) is 5.87. The highest BCUT2D eigenvalue weighted by Crippen LogP contribution is 2.23. The summed E-state index contributed by atoms with van der Waals surface area (Å²) in [6.07, 6.45) is 4.06. The van der Waals surface area contributed by atoms with Crippen LogP contribution in [0.25, 0.3) is 0 Å². The summed E-state index contributed by atoms with van der Waals surface area (Å²) >= 11 is 0. The number of aryl methyl sites for hydroxylation is 1. The number of nitrogens with two attached hydrogens (primary N) is 1. The molecule has 0 radical (unpaired) electrons. The Morgan fingerprint density at radius 1 is 0.955 bits per heavy atom. The number of rotatable bonds is 12. The van der Waals surface area contributed by atoms with Crippen molar-refractivity contribution in [3.05, 3.63) is 65.7 Å². The van der Waals surface area contributed by atoms with Crippen LogP contribution in [-0.4, -0.2) is 81.3 Å². The lowest BCUT2D eigenvalue weighted by Gasteiger charge is -2.29. The van der Waals surface area contributed by atoms with Gasteiger partial charge in [0, 0.05) is 19.5 Å². The van der Waals surface area contributed by atoms with E-state index in [1.807, 2.05) is 42.5 Å². The van der Waals surface area contributed by atoms with Crippen molar-refractivity contribution in [1.29, 1.82) is 0 Å². The van der Waals surface area contributed by atoms with Crippen LogP contribution in [0, 0.1) is 0 Å². The van der Waals surface area contributed by atoms with E-state index in [2.05, 4.69) is 5.32 Å². The van der Waals surface area contributed by atoms with Crippen LogP contribution in [0.4, 0.5) is 0 Å². The fourth-order valence-corrected chi connectivity index (χ4v) is 5.87. The summed E-state index contributed by atoms with van der Waals surface area (Å²) in [5.41, 5.74) is 6.94. The largest absolute Gasteiger partial charge is 0.480 e. The van der Waals surface area contributed by atoms with Crippen molar-refractivity contribution in [3.63, 3.8) is 0 Å². The molecular weight excluding hydrogens is 564 g/mol. The number of amides is 3. The van der Waals surface area contributed by atoms with Crippen LogP contribution < -0.4 is 15.8 Å². The van der Waals surface area contributed by atoms with Crippen LogP contribution in [0.3, 0.4) is 0 Å². The van der Waals surface area contributed by atoms with Gasteiger partial charge >= 0.3 is 11.9 Å². The smallest absolute Gasteiger partial charge is 0.334 e. The van der Waals surface area contributed by atoms with Crippen LogP contribution in [0.2, 0.25) is 0 Å². The Balaban J connectivity index is 1.25. The molecule has 236 valence electrons. The summed E-state index contributed by atoms with van der Waals surface area (Å²) in [4.78, 5) is 66.0. The zero-order valence-electron chi connectivity index (χ0n) is 25.4. The number of hydrogen-bond acceptors (Lipinski definition) is 7. The van der Waals surface area contributed by atoms with E-state index in [0.29, 0.717) is 63.8 Å². The molecular formula is C33H42N4O7. The molecule has 0 aliphatic carbocycles. The van der Waals surface area contributed by atoms with Gasteiger partial charge in [0.25, 0.3) is 0 Å². The second-order valence-corrected chi connectivity index (χ2v) is 12.0. The molecule has 2 aliphatic heterocycles. The first-order valence-electron chi connectivity index (χ1n) is 15.2. The number of esters is 1. The molecule has 0 spiro atoms. The topological polar surface area (TPSA) is 159 Å². The van der Waals surface area contributed by atoms with Gasteiger partial charge in [-0.2, -0.15) is 0 Å². The highest BCUT2D eigenvalue weighted by Gasteiger charge is 2.39. The summed E-state index contributed by atoms with van der Waals surface area (Å²) in [6, 6.07) is 14.0. The minimum atomic E-state index is -1.22. The molecule has 0 saturated carbocycles. The lowest BCUT2D eigenvalue weighted by Crippen LogP contribution is -2.58. The third-order valence-corrected chi connectivity index (χ3v) is 8.31. The Morgan fingerprint density at radius 2 is 1.59 bits per heavy atom. The Morgan fingerprint density at radius 3 is 2.25 bits per heavy atom. The molecule has 2 heterocycles. The maximum absolute atomic E-state index is 13.3. The van der Waals surface area contributed by atoms with Crippen molar-refractivity contribution < 1.29 is 33.8 Å². The fraction of sp³-hybridized carbons (Fsp3) is 0.485.